The normalized spacial score (nSPS) is 14.6. The van der Waals surface area contributed by atoms with Gasteiger partial charge in [0.15, 0.2) is 0 Å². The third-order valence-corrected chi connectivity index (χ3v) is 6.57. The van der Waals surface area contributed by atoms with E-state index in [9.17, 15) is 15.0 Å². The van der Waals surface area contributed by atoms with E-state index in [2.05, 4.69) is 25.6 Å². The van der Waals surface area contributed by atoms with Gasteiger partial charge in [0.2, 0.25) is 0 Å². The van der Waals surface area contributed by atoms with Gasteiger partial charge in [0.05, 0.1) is 31.6 Å². The molecule has 1 atom stereocenters. The van der Waals surface area contributed by atoms with E-state index in [4.69, 9.17) is 4.74 Å². The SMILES string of the molecule is Cn1nc(-c2cccc(C3N=NCc4ccccc43)c2CO)cc(Nc2ccc(OC(C)(C)CO)cn2)c1=O. The molecule has 200 valence electrons. The Kier molecular flexibility index (Phi) is 7.23. The van der Waals surface area contributed by atoms with Crippen molar-refractivity contribution in [1.82, 2.24) is 14.8 Å². The average Bonchev–Trinajstić information content (AvgIpc) is 2.95. The van der Waals surface area contributed by atoms with Crippen LogP contribution in [0.15, 0.2) is 81.9 Å². The number of benzene rings is 2. The number of fused-ring (bicyclic) bond motifs is 1. The lowest BCUT2D eigenvalue weighted by Crippen LogP contribution is -2.32. The Morgan fingerprint density at radius 1 is 1.08 bits per heavy atom. The Morgan fingerprint density at radius 3 is 2.62 bits per heavy atom. The van der Waals surface area contributed by atoms with Crippen LogP contribution in [0.25, 0.3) is 11.3 Å². The van der Waals surface area contributed by atoms with E-state index in [1.54, 1.807) is 39.1 Å². The molecule has 0 spiro atoms. The lowest BCUT2D eigenvalue weighted by Gasteiger charge is -2.23. The van der Waals surface area contributed by atoms with Gasteiger partial charge in [-0.15, -0.1) is 0 Å². The molecule has 4 aromatic rings. The van der Waals surface area contributed by atoms with Crippen molar-refractivity contribution in [2.75, 3.05) is 11.9 Å². The van der Waals surface area contributed by atoms with Crippen molar-refractivity contribution in [3.63, 3.8) is 0 Å². The monoisotopic (exact) mass is 526 g/mol. The van der Waals surface area contributed by atoms with E-state index in [-0.39, 0.29) is 30.5 Å². The summed E-state index contributed by atoms with van der Waals surface area (Å²) in [6.07, 6.45) is 1.52. The summed E-state index contributed by atoms with van der Waals surface area (Å²) in [6, 6.07) is 18.4. The molecule has 3 heterocycles. The predicted octanol–water partition coefficient (Wildman–Crippen LogP) is 4.28. The van der Waals surface area contributed by atoms with Gasteiger partial charge >= 0.3 is 0 Å². The smallest absolute Gasteiger partial charge is 0.290 e. The fourth-order valence-corrected chi connectivity index (χ4v) is 4.55. The van der Waals surface area contributed by atoms with E-state index in [1.807, 2.05) is 42.5 Å². The number of aliphatic hydroxyl groups excluding tert-OH is 2. The molecule has 1 aliphatic rings. The van der Waals surface area contributed by atoms with Gasteiger partial charge in [0, 0.05) is 12.6 Å². The van der Waals surface area contributed by atoms with Gasteiger partial charge < -0.3 is 20.3 Å². The molecular formula is C29H30N6O4. The molecule has 1 unspecified atom stereocenters. The number of hydrogen-bond donors (Lipinski definition) is 3. The first kappa shape index (κ1) is 26.2. The number of nitrogens with one attached hydrogen (secondary N) is 1. The van der Waals surface area contributed by atoms with E-state index < -0.39 is 5.60 Å². The molecule has 1 aliphatic heterocycles. The number of pyridine rings is 1. The number of nitrogens with zero attached hydrogens (tertiary/aromatic N) is 5. The molecule has 0 aliphatic carbocycles. The first-order valence-corrected chi connectivity index (χ1v) is 12.6. The summed E-state index contributed by atoms with van der Waals surface area (Å²) in [5, 5.41) is 36.3. The Morgan fingerprint density at radius 2 is 1.87 bits per heavy atom. The minimum absolute atomic E-state index is 0.143. The van der Waals surface area contributed by atoms with Gasteiger partial charge in [-0.25, -0.2) is 9.67 Å². The lowest BCUT2D eigenvalue weighted by atomic mass is 9.88. The number of azo groups is 1. The van der Waals surface area contributed by atoms with Crippen LogP contribution in [-0.4, -0.2) is 37.2 Å². The maximum atomic E-state index is 12.9. The molecule has 5 rings (SSSR count). The second kappa shape index (κ2) is 10.8. The fourth-order valence-electron chi connectivity index (χ4n) is 4.55. The second-order valence-corrected chi connectivity index (χ2v) is 9.94. The van der Waals surface area contributed by atoms with Gasteiger partial charge in [-0.2, -0.15) is 15.3 Å². The Hall–Kier alpha value is -4.41. The molecule has 2 aromatic heterocycles. The summed E-state index contributed by atoms with van der Waals surface area (Å²) >= 11 is 0. The van der Waals surface area contributed by atoms with Gasteiger partial charge in [-0.3, -0.25) is 4.79 Å². The zero-order chi connectivity index (χ0) is 27.6. The minimum atomic E-state index is -0.743. The third-order valence-electron chi connectivity index (χ3n) is 6.57. The van der Waals surface area contributed by atoms with Crippen LogP contribution in [0, 0.1) is 0 Å². The third kappa shape index (κ3) is 5.43. The fraction of sp³-hybridized carbons (Fsp3) is 0.276. The lowest BCUT2D eigenvalue weighted by molar-refractivity contribution is 0.0410. The molecule has 3 N–H and O–H groups in total. The first-order valence-electron chi connectivity index (χ1n) is 12.6. The largest absolute Gasteiger partial charge is 0.484 e. The van der Waals surface area contributed by atoms with Crippen LogP contribution in [-0.2, 0) is 20.2 Å². The number of aliphatic hydroxyl groups is 2. The molecule has 0 bridgehead atoms. The van der Waals surface area contributed by atoms with Crippen LogP contribution < -0.4 is 15.6 Å². The predicted molar refractivity (Wildman–Crippen MR) is 147 cm³/mol. The molecule has 0 amide bonds. The second-order valence-electron chi connectivity index (χ2n) is 9.94. The molecule has 10 heteroatoms. The number of hydrogen-bond acceptors (Lipinski definition) is 9. The Labute approximate surface area is 225 Å². The summed E-state index contributed by atoms with van der Waals surface area (Å²) < 4.78 is 6.98. The highest BCUT2D eigenvalue weighted by Crippen LogP contribution is 2.38. The van der Waals surface area contributed by atoms with Crippen molar-refractivity contribution < 1.29 is 14.9 Å². The molecule has 0 fully saturated rings. The van der Waals surface area contributed by atoms with Crippen LogP contribution in [0.1, 0.15) is 42.1 Å². The number of aromatic nitrogens is 3. The number of ether oxygens (including phenoxy) is 1. The van der Waals surface area contributed by atoms with E-state index in [0.29, 0.717) is 34.9 Å². The van der Waals surface area contributed by atoms with Crippen molar-refractivity contribution in [3.05, 3.63) is 99.5 Å². The highest BCUT2D eigenvalue weighted by atomic mass is 16.5. The van der Waals surface area contributed by atoms with Crippen molar-refractivity contribution in [2.24, 2.45) is 17.3 Å². The molecule has 0 radical (unpaired) electrons. The Balaban J connectivity index is 1.50. The highest BCUT2D eigenvalue weighted by molar-refractivity contribution is 5.70. The van der Waals surface area contributed by atoms with Gasteiger partial charge in [-0.05, 0) is 54.3 Å². The number of anilines is 2. The van der Waals surface area contributed by atoms with Crippen molar-refractivity contribution in [1.29, 1.82) is 0 Å². The quantitative estimate of drug-likeness (QED) is 0.312. The topological polar surface area (TPSA) is 134 Å². The molecule has 39 heavy (non-hydrogen) atoms. The highest BCUT2D eigenvalue weighted by Gasteiger charge is 2.25. The van der Waals surface area contributed by atoms with Crippen LogP contribution in [0.4, 0.5) is 11.5 Å². The van der Waals surface area contributed by atoms with Crippen LogP contribution in [0.2, 0.25) is 0 Å². The summed E-state index contributed by atoms with van der Waals surface area (Å²) in [4.78, 5) is 17.3. The van der Waals surface area contributed by atoms with E-state index in [0.717, 1.165) is 16.7 Å². The molecule has 2 aromatic carbocycles. The molecular weight excluding hydrogens is 496 g/mol. The zero-order valence-electron chi connectivity index (χ0n) is 22.0. The van der Waals surface area contributed by atoms with Crippen LogP contribution in [0.5, 0.6) is 5.75 Å². The van der Waals surface area contributed by atoms with Crippen molar-refractivity contribution >= 4 is 11.5 Å². The number of rotatable bonds is 8. The molecule has 0 saturated carbocycles. The maximum absolute atomic E-state index is 12.9. The van der Waals surface area contributed by atoms with Crippen molar-refractivity contribution in [2.45, 2.75) is 38.6 Å². The Bertz CT molecular complexity index is 1580. The van der Waals surface area contributed by atoms with Crippen LogP contribution >= 0.6 is 0 Å². The summed E-state index contributed by atoms with van der Waals surface area (Å²) in [5.74, 6) is 0.933. The van der Waals surface area contributed by atoms with Crippen molar-refractivity contribution in [3.8, 4) is 17.0 Å². The zero-order valence-corrected chi connectivity index (χ0v) is 22.0. The number of aryl methyl sites for hydroxylation is 1. The van der Waals surface area contributed by atoms with E-state index in [1.165, 1.54) is 10.9 Å². The van der Waals surface area contributed by atoms with Gasteiger partial charge in [0.1, 0.15) is 28.9 Å². The summed E-state index contributed by atoms with van der Waals surface area (Å²) in [6.45, 7) is 3.69. The summed E-state index contributed by atoms with van der Waals surface area (Å²) in [5.41, 5.74) is 4.05. The summed E-state index contributed by atoms with van der Waals surface area (Å²) in [7, 11) is 1.58. The van der Waals surface area contributed by atoms with Gasteiger partial charge in [-0.1, -0.05) is 42.5 Å². The standard InChI is InChI=1S/C29H30N6O4/c1-29(2,17-37)39-19-11-12-26(30-15-19)32-25-13-24(34-35(3)28(25)38)21-9-6-10-22(23(21)16-36)27-20-8-5-4-7-18(20)14-31-33-27/h4-13,15,27,36-37H,14,16-17H2,1-3H3,(H,30,32). The average molecular weight is 527 g/mol. The van der Waals surface area contributed by atoms with Crippen LogP contribution in [0.3, 0.4) is 0 Å². The van der Waals surface area contributed by atoms with E-state index >= 15 is 0 Å². The maximum Gasteiger partial charge on any atom is 0.290 e. The molecule has 0 saturated heterocycles. The van der Waals surface area contributed by atoms with Gasteiger partial charge in [0.25, 0.3) is 5.56 Å². The minimum Gasteiger partial charge on any atom is -0.484 e. The first-order chi connectivity index (χ1) is 18.8. The molecule has 10 nitrogen and oxygen atoms in total.